The van der Waals surface area contributed by atoms with Gasteiger partial charge < -0.3 is 8.83 Å². The van der Waals surface area contributed by atoms with E-state index in [1.165, 1.54) is 82.6 Å². The molecule has 0 spiro atoms. The molecule has 0 radical (unpaired) electrons. The third-order valence-corrected chi connectivity index (χ3v) is 13.2. The van der Waals surface area contributed by atoms with Crippen molar-refractivity contribution in [1.82, 2.24) is 0 Å². The Morgan fingerprint density at radius 1 is 0.305 bits per heavy atom. The lowest BCUT2D eigenvalue weighted by atomic mass is 9.80. The lowest BCUT2D eigenvalue weighted by molar-refractivity contribution is 0.661. The smallest absolute Gasteiger partial charge is 0.136 e. The van der Waals surface area contributed by atoms with Crippen molar-refractivity contribution in [3.63, 3.8) is 0 Å². The molecule has 0 N–H and O–H groups in total. The molecule has 0 fully saturated rings. The van der Waals surface area contributed by atoms with E-state index in [1.807, 2.05) is 12.1 Å². The normalized spacial score (nSPS) is 13.4. The zero-order valence-electron chi connectivity index (χ0n) is 32.6. The lowest BCUT2D eigenvalue weighted by Crippen LogP contribution is -2.15. The lowest BCUT2D eigenvalue weighted by Gasteiger charge is -2.23. The Kier molecular flexibility index (Phi) is 6.54. The molecule has 2 heterocycles. The van der Waals surface area contributed by atoms with Gasteiger partial charge in [-0.15, -0.1) is 0 Å². The van der Waals surface area contributed by atoms with Crippen LogP contribution in [0.3, 0.4) is 0 Å². The van der Waals surface area contributed by atoms with E-state index in [9.17, 15) is 0 Å². The van der Waals surface area contributed by atoms with Crippen LogP contribution in [-0.2, 0) is 5.41 Å². The summed E-state index contributed by atoms with van der Waals surface area (Å²) >= 11 is 0. The Labute approximate surface area is 340 Å². The number of para-hydroxylation sites is 1. The van der Waals surface area contributed by atoms with Gasteiger partial charge in [-0.1, -0.05) is 141 Å². The van der Waals surface area contributed by atoms with Crippen LogP contribution in [0.4, 0.5) is 0 Å². The molecule has 0 atom stereocenters. The Morgan fingerprint density at radius 3 is 1.39 bits per heavy atom. The topological polar surface area (TPSA) is 26.3 Å². The molecule has 12 aromatic rings. The fraction of sp³-hybridized carbons (Fsp3) is 0.0526. The van der Waals surface area contributed by atoms with Crippen LogP contribution in [0.25, 0.3) is 121 Å². The van der Waals surface area contributed by atoms with Crippen molar-refractivity contribution in [2.75, 3.05) is 0 Å². The molecule has 0 saturated carbocycles. The fourth-order valence-electron chi connectivity index (χ4n) is 10.3. The zero-order valence-corrected chi connectivity index (χ0v) is 32.6. The maximum Gasteiger partial charge on any atom is 0.136 e. The van der Waals surface area contributed by atoms with Crippen LogP contribution in [0.2, 0.25) is 0 Å². The summed E-state index contributed by atoms with van der Waals surface area (Å²) in [6, 6.07) is 66.7. The maximum atomic E-state index is 6.47. The highest BCUT2D eigenvalue weighted by atomic mass is 16.3. The van der Waals surface area contributed by atoms with Gasteiger partial charge in [0.05, 0.1) is 0 Å². The number of furan rings is 2. The minimum atomic E-state index is -0.194. The molecule has 0 amide bonds. The Balaban J connectivity index is 0.924. The van der Waals surface area contributed by atoms with E-state index in [4.69, 9.17) is 8.83 Å². The van der Waals surface area contributed by atoms with E-state index in [0.717, 1.165) is 49.3 Å². The molecular formula is C57H36O2. The average molecular weight is 753 g/mol. The minimum absolute atomic E-state index is 0.194. The fourth-order valence-corrected chi connectivity index (χ4v) is 10.3. The second kappa shape index (κ2) is 11.8. The van der Waals surface area contributed by atoms with Gasteiger partial charge in [-0.25, -0.2) is 0 Å². The van der Waals surface area contributed by atoms with Gasteiger partial charge in [0.2, 0.25) is 0 Å². The second-order valence-corrected chi connectivity index (χ2v) is 16.8. The summed E-state index contributed by atoms with van der Waals surface area (Å²) in [6.07, 6.45) is 0. The molecular weight excluding hydrogens is 717 g/mol. The number of fused-ring (bicyclic) bond motifs is 12. The summed E-state index contributed by atoms with van der Waals surface area (Å²) in [5.74, 6) is 0. The first-order chi connectivity index (χ1) is 29.0. The van der Waals surface area contributed by atoms with E-state index in [0.29, 0.717) is 0 Å². The highest BCUT2D eigenvalue weighted by molar-refractivity contribution is 6.22. The van der Waals surface area contributed by atoms with Crippen molar-refractivity contribution in [1.29, 1.82) is 0 Å². The van der Waals surface area contributed by atoms with Gasteiger partial charge in [-0.05, 0) is 143 Å². The van der Waals surface area contributed by atoms with Gasteiger partial charge in [0.25, 0.3) is 0 Å². The van der Waals surface area contributed by atoms with Crippen LogP contribution in [0.1, 0.15) is 25.0 Å². The van der Waals surface area contributed by atoms with E-state index >= 15 is 0 Å². The van der Waals surface area contributed by atoms with Crippen LogP contribution in [0, 0.1) is 0 Å². The van der Waals surface area contributed by atoms with Gasteiger partial charge >= 0.3 is 0 Å². The van der Waals surface area contributed by atoms with Gasteiger partial charge in [-0.2, -0.15) is 0 Å². The highest BCUT2D eigenvalue weighted by Crippen LogP contribution is 2.52. The molecule has 2 heteroatoms. The molecule has 59 heavy (non-hydrogen) atoms. The zero-order chi connectivity index (χ0) is 39.0. The number of benzene rings is 10. The molecule has 276 valence electrons. The third-order valence-electron chi connectivity index (χ3n) is 13.2. The van der Waals surface area contributed by atoms with E-state index in [2.05, 4.69) is 184 Å². The first kappa shape index (κ1) is 32.6. The minimum Gasteiger partial charge on any atom is -0.456 e. The van der Waals surface area contributed by atoms with Gasteiger partial charge in [0.15, 0.2) is 0 Å². The predicted octanol–water partition coefficient (Wildman–Crippen LogP) is 16.3. The Hall–Kier alpha value is -7.42. The first-order valence-electron chi connectivity index (χ1n) is 20.5. The van der Waals surface area contributed by atoms with Crippen molar-refractivity contribution in [3.8, 4) is 44.5 Å². The first-order valence-corrected chi connectivity index (χ1v) is 20.5. The van der Waals surface area contributed by atoms with Crippen LogP contribution >= 0.6 is 0 Å². The van der Waals surface area contributed by atoms with Crippen molar-refractivity contribution < 1.29 is 8.83 Å². The quantitative estimate of drug-likeness (QED) is 0.168. The molecule has 0 bridgehead atoms. The molecule has 0 aliphatic heterocycles. The van der Waals surface area contributed by atoms with Crippen LogP contribution in [-0.4, -0.2) is 0 Å². The second-order valence-electron chi connectivity index (χ2n) is 16.8. The maximum absolute atomic E-state index is 6.47. The summed E-state index contributed by atoms with van der Waals surface area (Å²) in [4.78, 5) is 0. The van der Waals surface area contributed by atoms with Gasteiger partial charge in [-0.3, -0.25) is 0 Å². The van der Waals surface area contributed by atoms with Gasteiger partial charge in [0, 0.05) is 27.0 Å². The van der Waals surface area contributed by atoms with Crippen molar-refractivity contribution in [2.45, 2.75) is 19.3 Å². The van der Waals surface area contributed by atoms with Crippen LogP contribution in [0.15, 0.2) is 191 Å². The van der Waals surface area contributed by atoms with Crippen molar-refractivity contribution in [3.05, 3.63) is 193 Å². The highest BCUT2D eigenvalue weighted by Gasteiger charge is 2.36. The van der Waals surface area contributed by atoms with E-state index in [-0.39, 0.29) is 5.41 Å². The van der Waals surface area contributed by atoms with E-state index in [1.54, 1.807) is 0 Å². The predicted molar refractivity (Wildman–Crippen MR) is 247 cm³/mol. The molecule has 0 unspecified atom stereocenters. The summed E-state index contributed by atoms with van der Waals surface area (Å²) in [7, 11) is 0. The molecule has 1 aliphatic rings. The van der Waals surface area contributed by atoms with Crippen LogP contribution in [0.5, 0.6) is 0 Å². The standard InChI is InChI=1S/C57H36O2/c1-57(2)49-29-35(34-22-25-52-47(26-34)48-28-37-27-46-41-14-10-11-19-51(41)58-53(46)31-38(37)32-54(48)59-52)20-23-39(49)40-24-21-36(30-50(40)57)56-44-17-8-6-15-42(44)55(33-12-4-3-5-13-33)43-16-7-9-18-45(43)56/h3-32H,1-2H3. The van der Waals surface area contributed by atoms with Gasteiger partial charge in [0.1, 0.15) is 22.3 Å². The number of hydrogen-bond donors (Lipinski definition) is 0. The monoisotopic (exact) mass is 752 g/mol. The Bertz CT molecular complexity index is 3690. The summed E-state index contributed by atoms with van der Waals surface area (Å²) in [5.41, 5.74) is 16.2. The summed E-state index contributed by atoms with van der Waals surface area (Å²) < 4.78 is 12.7. The number of rotatable bonds is 3. The number of hydrogen-bond acceptors (Lipinski definition) is 2. The third kappa shape index (κ3) is 4.63. The van der Waals surface area contributed by atoms with Crippen LogP contribution < -0.4 is 0 Å². The van der Waals surface area contributed by atoms with E-state index < -0.39 is 0 Å². The molecule has 2 aromatic heterocycles. The molecule has 2 nitrogen and oxygen atoms in total. The summed E-state index contributed by atoms with van der Waals surface area (Å²) in [6.45, 7) is 4.77. The molecule has 10 aromatic carbocycles. The van der Waals surface area contributed by atoms with Crippen molar-refractivity contribution >= 4 is 76.2 Å². The van der Waals surface area contributed by atoms with Crippen molar-refractivity contribution in [2.24, 2.45) is 0 Å². The summed E-state index contributed by atoms with van der Waals surface area (Å²) in [5, 5.41) is 11.9. The molecule has 0 saturated heterocycles. The molecule has 1 aliphatic carbocycles. The largest absolute Gasteiger partial charge is 0.456 e. The SMILES string of the molecule is CC1(C)c2cc(-c3ccc4oc5cc6cc7oc8ccccc8c7cc6cc5c4c3)ccc2-c2ccc(-c3c4ccccc4c(-c4ccccc4)c4ccccc34)cc21. The Morgan fingerprint density at radius 2 is 0.746 bits per heavy atom. The average Bonchev–Trinajstić information content (AvgIpc) is 3.89. The molecule has 13 rings (SSSR count).